The van der Waals surface area contributed by atoms with Crippen LogP contribution >= 0.6 is 22.6 Å². The van der Waals surface area contributed by atoms with Crippen LogP contribution in [0, 0.1) is 0 Å². The van der Waals surface area contributed by atoms with E-state index in [4.69, 9.17) is 0 Å². The van der Waals surface area contributed by atoms with Crippen LogP contribution < -0.4 is 0 Å². The molecule has 0 nitrogen and oxygen atoms in total. The normalized spacial score (nSPS) is 18.6. The van der Waals surface area contributed by atoms with Crippen LogP contribution in [0.1, 0.15) is 0 Å². The van der Waals surface area contributed by atoms with E-state index in [-0.39, 0.29) is 0 Å². The number of halogens is 6. The van der Waals surface area contributed by atoms with E-state index >= 15 is 0 Å². The van der Waals surface area contributed by atoms with E-state index in [0.717, 1.165) is 0 Å². The van der Waals surface area contributed by atoms with Crippen molar-refractivity contribution in [1.82, 2.24) is 0 Å². The molecule has 0 radical (unpaired) electrons. The monoisotopic (exact) mass is 274 g/mol. The van der Waals surface area contributed by atoms with E-state index in [9.17, 15) is 22.0 Å². The van der Waals surface area contributed by atoms with Crippen molar-refractivity contribution in [3.05, 3.63) is 0 Å². The molecule has 0 bridgehead atoms. The van der Waals surface area contributed by atoms with Gasteiger partial charge < -0.3 is 0 Å². The van der Waals surface area contributed by atoms with Crippen molar-refractivity contribution in [2.75, 3.05) is 4.43 Å². The van der Waals surface area contributed by atoms with E-state index in [1.165, 1.54) is 22.6 Å². The third-order valence-electron chi connectivity index (χ3n) is 0.778. The summed E-state index contributed by atoms with van der Waals surface area (Å²) in [6.45, 7) is 0. The summed E-state index contributed by atoms with van der Waals surface area (Å²) in [5.41, 5.74) is 0. The quantitative estimate of drug-likeness (QED) is 0.412. The lowest BCUT2D eigenvalue weighted by Crippen LogP contribution is -2.34. The molecule has 0 saturated carbocycles. The predicted molar refractivity (Wildman–Crippen MR) is 34.7 cm³/mol. The van der Waals surface area contributed by atoms with Crippen molar-refractivity contribution in [1.29, 1.82) is 0 Å². The molecule has 0 aromatic rings. The average molecular weight is 274 g/mol. The number of rotatable bonds is 2. The highest BCUT2D eigenvalue weighted by Gasteiger charge is 2.45. The molecule has 10 heavy (non-hydrogen) atoms. The molecule has 62 valence electrons. The molecule has 2 atom stereocenters. The van der Waals surface area contributed by atoms with Crippen LogP contribution in [0.4, 0.5) is 22.0 Å². The van der Waals surface area contributed by atoms with Crippen LogP contribution in [-0.4, -0.2) is 22.9 Å². The molecule has 0 spiro atoms. The van der Waals surface area contributed by atoms with E-state index in [1.54, 1.807) is 0 Å². The van der Waals surface area contributed by atoms with Crippen molar-refractivity contribution in [3.63, 3.8) is 0 Å². The Morgan fingerprint density at radius 2 is 1.60 bits per heavy atom. The Balaban J connectivity index is 3.94. The Labute approximate surface area is 67.9 Å². The van der Waals surface area contributed by atoms with Gasteiger partial charge in [-0.15, -0.1) is 0 Å². The summed E-state index contributed by atoms with van der Waals surface area (Å²) < 4.78 is 57.0. The Morgan fingerprint density at radius 3 is 1.70 bits per heavy atom. The summed E-state index contributed by atoms with van der Waals surface area (Å²) in [6, 6.07) is 0. The average Bonchev–Trinajstić information content (AvgIpc) is 1.83. The molecule has 0 rings (SSSR count). The summed E-state index contributed by atoms with van der Waals surface area (Å²) in [5.74, 6) is 0. The van der Waals surface area contributed by atoms with E-state index in [2.05, 4.69) is 0 Å². The van der Waals surface area contributed by atoms with Crippen molar-refractivity contribution >= 4 is 22.6 Å². The van der Waals surface area contributed by atoms with Gasteiger partial charge in [0.1, 0.15) is 6.17 Å². The van der Waals surface area contributed by atoms with Gasteiger partial charge in [-0.1, -0.05) is 22.6 Å². The van der Waals surface area contributed by atoms with Crippen LogP contribution in [-0.2, 0) is 0 Å². The Bertz CT molecular complexity index is 100. The number of hydrogen-bond acceptors (Lipinski definition) is 0. The molecule has 2 unspecified atom stereocenters. The highest BCUT2D eigenvalue weighted by molar-refractivity contribution is 14.1. The molecule has 0 fully saturated rings. The topological polar surface area (TPSA) is 0 Å². The highest BCUT2D eigenvalue weighted by Crippen LogP contribution is 2.27. The second kappa shape index (κ2) is 3.68. The minimum atomic E-state index is -5.06. The minimum absolute atomic E-state index is 0.488. The van der Waals surface area contributed by atoms with Crippen molar-refractivity contribution < 1.29 is 22.0 Å². The SMILES string of the molecule is FC(CI)C(F)C(F)(F)F. The maximum atomic E-state index is 11.9. The first kappa shape index (κ1) is 10.4. The zero-order valence-electron chi connectivity index (χ0n) is 4.63. The van der Waals surface area contributed by atoms with E-state index in [1.807, 2.05) is 0 Å². The highest BCUT2D eigenvalue weighted by atomic mass is 127. The van der Waals surface area contributed by atoms with Gasteiger partial charge in [-0.2, -0.15) is 13.2 Å². The number of hydrogen-bond donors (Lipinski definition) is 0. The molecule has 6 heteroatoms. The van der Waals surface area contributed by atoms with Crippen molar-refractivity contribution in [2.45, 2.75) is 18.5 Å². The molecule has 0 aliphatic rings. The molecule has 0 aliphatic heterocycles. The van der Waals surface area contributed by atoms with Gasteiger partial charge in [0.25, 0.3) is 0 Å². The Kier molecular flexibility index (Phi) is 3.82. The Morgan fingerprint density at radius 1 is 1.20 bits per heavy atom. The van der Waals surface area contributed by atoms with Crippen LogP contribution in [0.3, 0.4) is 0 Å². The third kappa shape index (κ3) is 2.98. The molecular weight excluding hydrogens is 270 g/mol. The second-order valence-electron chi connectivity index (χ2n) is 1.61. The lowest BCUT2D eigenvalue weighted by atomic mass is 10.3. The van der Waals surface area contributed by atoms with Gasteiger partial charge in [-0.3, -0.25) is 0 Å². The Hall–Kier alpha value is 0.380. The van der Waals surface area contributed by atoms with Crippen LogP contribution in [0.2, 0.25) is 0 Å². The lowest BCUT2D eigenvalue weighted by Gasteiger charge is -2.13. The van der Waals surface area contributed by atoms with Crippen molar-refractivity contribution in [2.24, 2.45) is 0 Å². The third-order valence-corrected chi connectivity index (χ3v) is 1.62. The van der Waals surface area contributed by atoms with Gasteiger partial charge in [-0.25, -0.2) is 8.78 Å². The molecule has 0 heterocycles. The molecule has 0 amide bonds. The molecular formula is C4H4F5I. The molecule has 0 aromatic carbocycles. The predicted octanol–water partition coefficient (Wildman–Crippen LogP) is 2.66. The number of alkyl halides is 6. The fraction of sp³-hybridized carbons (Fsp3) is 1.00. The first-order valence-electron chi connectivity index (χ1n) is 2.30. The zero-order chi connectivity index (χ0) is 8.36. The standard InChI is InChI=1S/C4H4F5I/c5-2(1-10)3(6)4(7,8)9/h2-3H,1H2. The first-order valence-corrected chi connectivity index (χ1v) is 3.83. The zero-order valence-corrected chi connectivity index (χ0v) is 6.79. The maximum absolute atomic E-state index is 11.9. The first-order chi connectivity index (χ1) is 4.39. The summed E-state index contributed by atoms with van der Waals surface area (Å²) in [6.07, 6.45) is -10.9. The van der Waals surface area contributed by atoms with Crippen LogP contribution in [0.15, 0.2) is 0 Å². The molecule has 0 N–H and O–H groups in total. The van der Waals surface area contributed by atoms with Crippen LogP contribution in [0.25, 0.3) is 0 Å². The van der Waals surface area contributed by atoms with Gasteiger partial charge in [-0.05, 0) is 0 Å². The fourth-order valence-electron chi connectivity index (χ4n) is 0.283. The van der Waals surface area contributed by atoms with Gasteiger partial charge in [0.2, 0.25) is 6.17 Å². The lowest BCUT2D eigenvalue weighted by molar-refractivity contribution is -0.193. The van der Waals surface area contributed by atoms with Gasteiger partial charge in [0.05, 0.1) is 0 Å². The summed E-state index contributed by atoms with van der Waals surface area (Å²) in [7, 11) is 0. The van der Waals surface area contributed by atoms with E-state index < -0.39 is 22.9 Å². The van der Waals surface area contributed by atoms with Crippen LogP contribution in [0.5, 0.6) is 0 Å². The molecule has 0 aromatic heterocycles. The van der Waals surface area contributed by atoms with Gasteiger partial charge >= 0.3 is 6.18 Å². The van der Waals surface area contributed by atoms with Gasteiger partial charge in [0, 0.05) is 4.43 Å². The van der Waals surface area contributed by atoms with Gasteiger partial charge in [0.15, 0.2) is 0 Å². The smallest absolute Gasteiger partial charge is 0.243 e. The fourth-order valence-corrected chi connectivity index (χ4v) is 0.730. The summed E-state index contributed by atoms with van der Waals surface area (Å²) in [4.78, 5) is 0. The maximum Gasteiger partial charge on any atom is 0.422 e. The second-order valence-corrected chi connectivity index (χ2v) is 2.49. The molecule has 0 saturated heterocycles. The van der Waals surface area contributed by atoms with Crippen molar-refractivity contribution in [3.8, 4) is 0 Å². The largest absolute Gasteiger partial charge is 0.422 e. The minimum Gasteiger partial charge on any atom is -0.243 e. The molecule has 0 aliphatic carbocycles. The summed E-state index contributed by atoms with van der Waals surface area (Å²) >= 11 is 1.35. The summed E-state index contributed by atoms with van der Waals surface area (Å²) in [5, 5.41) is 0. The van der Waals surface area contributed by atoms with E-state index in [0.29, 0.717) is 0 Å².